The molecule has 0 N–H and O–H groups in total. The van der Waals surface area contributed by atoms with E-state index >= 15 is 0 Å². The van der Waals surface area contributed by atoms with Gasteiger partial charge >= 0.3 is 6.18 Å². The lowest BCUT2D eigenvalue weighted by molar-refractivity contribution is -0.137. The Morgan fingerprint density at radius 1 is 0.947 bits per heavy atom. The highest BCUT2D eigenvalue weighted by Crippen LogP contribution is 2.35. The maximum Gasteiger partial charge on any atom is 0.417 e. The van der Waals surface area contributed by atoms with Crippen LogP contribution in [0.1, 0.15) is 11.1 Å². The number of nitriles is 1. The van der Waals surface area contributed by atoms with Crippen LogP contribution < -0.4 is 0 Å². The maximum absolute atomic E-state index is 12.6. The molecule has 1 nitrogen and oxygen atoms in total. The van der Waals surface area contributed by atoms with Crippen LogP contribution in [-0.4, -0.2) is 0 Å². The Bertz CT molecular complexity index is 615. The van der Waals surface area contributed by atoms with E-state index in [4.69, 9.17) is 5.26 Å². The Kier molecular flexibility index (Phi) is 3.82. The van der Waals surface area contributed by atoms with Crippen LogP contribution in [0, 0.1) is 11.3 Å². The summed E-state index contributed by atoms with van der Waals surface area (Å²) < 4.78 is 37.9. The van der Waals surface area contributed by atoms with Crippen molar-refractivity contribution in [1.29, 1.82) is 5.26 Å². The van der Waals surface area contributed by atoms with Gasteiger partial charge in [0, 0.05) is 9.79 Å². The van der Waals surface area contributed by atoms with Crippen LogP contribution in [0.2, 0.25) is 0 Å². The summed E-state index contributed by atoms with van der Waals surface area (Å²) in [6.07, 6.45) is -4.50. The smallest absolute Gasteiger partial charge is 0.192 e. The summed E-state index contributed by atoms with van der Waals surface area (Å²) in [5.41, 5.74) is -1.25. The fourth-order valence-corrected chi connectivity index (χ4v) is 2.43. The SMILES string of the molecule is N#Cc1cc(Sc2ccccc2)ccc1C(F)(F)F. The lowest BCUT2D eigenvalue weighted by Crippen LogP contribution is -2.07. The molecule has 0 aliphatic rings. The summed E-state index contributed by atoms with van der Waals surface area (Å²) in [7, 11) is 0. The van der Waals surface area contributed by atoms with E-state index in [-0.39, 0.29) is 5.56 Å². The number of hydrogen-bond donors (Lipinski definition) is 0. The molecule has 5 heteroatoms. The second kappa shape index (κ2) is 5.37. The van der Waals surface area contributed by atoms with Crippen molar-refractivity contribution >= 4 is 11.8 Å². The Hall–Kier alpha value is -1.93. The summed E-state index contributed by atoms with van der Waals surface area (Å²) in [6, 6.07) is 14.4. The van der Waals surface area contributed by atoms with Gasteiger partial charge in [-0.15, -0.1) is 0 Å². The molecule has 0 amide bonds. The zero-order valence-corrected chi connectivity index (χ0v) is 10.4. The molecule has 0 radical (unpaired) electrons. The lowest BCUT2D eigenvalue weighted by atomic mass is 10.1. The summed E-state index contributed by atoms with van der Waals surface area (Å²) in [6.45, 7) is 0. The number of halogens is 3. The first-order valence-corrected chi connectivity index (χ1v) is 6.16. The molecule has 0 atom stereocenters. The third-order valence-electron chi connectivity index (χ3n) is 2.40. The molecule has 0 aliphatic heterocycles. The average molecular weight is 279 g/mol. The lowest BCUT2D eigenvalue weighted by Gasteiger charge is -2.10. The monoisotopic (exact) mass is 279 g/mol. The minimum absolute atomic E-state index is 0.353. The fraction of sp³-hybridized carbons (Fsp3) is 0.0714. The van der Waals surface area contributed by atoms with Crippen LogP contribution in [0.4, 0.5) is 13.2 Å². The van der Waals surface area contributed by atoms with Crippen molar-refractivity contribution in [3.63, 3.8) is 0 Å². The second-order valence-electron chi connectivity index (χ2n) is 3.73. The molecule has 0 saturated heterocycles. The van der Waals surface area contributed by atoms with E-state index in [0.29, 0.717) is 4.90 Å². The van der Waals surface area contributed by atoms with Crippen molar-refractivity contribution in [3.05, 3.63) is 59.7 Å². The number of hydrogen-bond acceptors (Lipinski definition) is 2. The maximum atomic E-state index is 12.6. The zero-order valence-electron chi connectivity index (χ0n) is 9.61. The highest BCUT2D eigenvalue weighted by atomic mass is 32.2. The molecule has 2 rings (SSSR count). The first kappa shape index (κ1) is 13.5. The molecule has 0 fully saturated rings. The first-order valence-electron chi connectivity index (χ1n) is 5.35. The highest BCUT2D eigenvalue weighted by molar-refractivity contribution is 7.99. The van der Waals surface area contributed by atoms with Crippen molar-refractivity contribution in [2.45, 2.75) is 16.0 Å². The molecule has 0 spiro atoms. The average Bonchev–Trinajstić information content (AvgIpc) is 2.38. The molecular formula is C14H8F3NS. The van der Waals surface area contributed by atoms with Crippen molar-refractivity contribution in [2.24, 2.45) is 0 Å². The number of rotatable bonds is 2. The summed E-state index contributed by atoms with van der Waals surface area (Å²) in [5, 5.41) is 8.81. The first-order chi connectivity index (χ1) is 9.00. The third-order valence-corrected chi connectivity index (χ3v) is 3.39. The van der Waals surface area contributed by atoms with Crippen LogP contribution in [0.3, 0.4) is 0 Å². The van der Waals surface area contributed by atoms with Crippen molar-refractivity contribution in [2.75, 3.05) is 0 Å². The van der Waals surface area contributed by atoms with E-state index in [1.54, 1.807) is 6.07 Å². The quantitative estimate of drug-likeness (QED) is 0.793. The zero-order chi connectivity index (χ0) is 13.9. The Morgan fingerprint density at radius 2 is 1.63 bits per heavy atom. The molecule has 96 valence electrons. The van der Waals surface area contributed by atoms with Gasteiger partial charge in [0.1, 0.15) is 0 Å². The predicted octanol–water partition coefficient (Wildman–Crippen LogP) is 4.73. The van der Waals surface area contributed by atoms with Gasteiger partial charge < -0.3 is 0 Å². The van der Waals surface area contributed by atoms with E-state index in [0.717, 1.165) is 11.0 Å². The normalized spacial score (nSPS) is 11.1. The van der Waals surface area contributed by atoms with Gasteiger partial charge in [-0.1, -0.05) is 30.0 Å². The molecular weight excluding hydrogens is 271 g/mol. The van der Waals surface area contributed by atoms with Gasteiger partial charge in [-0.25, -0.2) is 0 Å². The van der Waals surface area contributed by atoms with Crippen LogP contribution >= 0.6 is 11.8 Å². The summed E-state index contributed by atoms with van der Waals surface area (Å²) in [4.78, 5) is 1.52. The summed E-state index contributed by atoms with van der Waals surface area (Å²) in [5.74, 6) is 0. The van der Waals surface area contributed by atoms with Gasteiger partial charge in [-0.3, -0.25) is 0 Å². The molecule has 0 bridgehead atoms. The molecule has 2 aromatic rings. The van der Waals surface area contributed by atoms with Crippen molar-refractivity contribution < 1.29 is 13.2 Å². The van der Waals surface area contributed by atoms with E-state index in [9.17, 15) is 13.2 Å². The van der Waals surface area contributed by atoms with Crippen LogP contribution in [-0.2, 0) is 6.18 Å². The minimum Gasteiger partial charge on any atom is -0.192 e. The Morgan fingerprint density at radius 3 is 2.21 bits per heavy atom. The summed E-state index contributed by atoms with van der Waals surface area (Å²) >= 11 is 1.32. The van der Waals surface area contributed by atoms with Gasteiger partial charge in [0.05, 0.1) is 17.2 Å². The van der Waals surface area contributed by atoms with Gasteiger partial charge in [-0.05, 0) is 30.3 Å². The molecule has 0 saturated carbocycles. The number of nitrogens with zero attached hydrogens (tertiary/aromatic N) is 1. The van der Waals surface area contributed by atoms with Gasteiger partial charge in [0.25, 0.3) is 0 Å². The molecule has 0 aromatic heterocycles. The number of alkyl halides is 3. The van der Waals surface area contributed by atoms with Crippen LogP contribution in [0.25, 0.3) is 0 Å². The van der Waals surface area contributed by atoms with E-state index in [2.05, 4.69) is 0 Å². The van der Waals surface area contributed by atoms with E-state index < -0.39 is 11.7 Å². The minimum atomic E-state index is -4.50. The van der Waals surface area contributed by atoms with Gasteiger partial charge in [0.15, 0.2) is 0 Å². The Balaban J connectivity index is 2.33. The fourth-order valence-electron chi connectivity index (χ4n) is 1.55. The highest BCUT2D eigenvalue weighted by Gasteiger charge is 2.33. The molecule has 19 heavy (non-hydrogen) atoms. The molecule has 0 aliphatic carbocycles. The molecule has 0 heterocycles. The van der Waals surface area contributed by atoms with Crippen molar-refractivity contribution in [3.8, 4) is 6.07 Å². The molecule has 2 aromatic carbocycles. The van der Waals surface area contributed by atoms with Crippen LogP contribution in [0.15, 0.2) is 58.3 Å². The van der Waals surface area contributed by atoms with Gasteiger partial charge in [-0.2, -0.15) is 18.4 Å². The van der Waals surface area contributed by atoms with E-state index in [1.807, 2.05) is 30.3 Å². The third kappa shape index (κ3) is 3.30. The number of benzene rings is 2. The predicted molar refractivity (Wildman–Crippen MR) is 66.7 cm³/mol. The van der Waals surface area contributed by atoms with E-state index in [1.165, 1.54) is 23.9 Å². The van der Waals surface area contributed by atoms with Gasteiger partial charge in [0.2, 0.25) is 0 Å². The second-order valence-corrected chi connectivity index (χ2v) is 4.88. The standard InChI is InChI=1S/C14H8F3NS/c15-14(16,17)13-7-6-12(8-10(13)9-18)19-11-4-2-1-3-5-11/h1-8H. The molecule has 0 unspecified atom stereocenters. The largest absolute Gasteiger partial charge is 0.417 e. The van der Waals surface area contributed by atoms with Crippen LogP contribution in [0.5, 0.6) is 0 Å². The Labute approximate surface area is 112 Å². The topological polar surface area (TPSA) is 23.8 Å². The van der Waals surface area contributed by atoms with Crippen molar-refractivity contribution in [1.82, 2.24) is 0 Å².